The Morgan fingerprint density at radius 1 is 1.03 bits per heavy atom. The van der Waals surface area contributed by atoms with Crippen LogP contribution >= 0.6 is 0 Å². The van der Waals surface area contributed by atoms with Crippen LogP contribution in [0.1, 0.15) is 30.5 Å². The molecule has 0 saturated heterocycles. The second-order valence-corrected chi connectivity index (χ2v) is 9.37. The van der Waals surface area contributed by atoms with Crippen LogP contribution in [0.3, 0.4) is 0 Å². The molecule has 4 N–H and O–H groups in total. The largest absolute Gasteiger partial charge is 0.401 e. The maximum atomic E-state index is 13.1. The molecule has 9 heteroatoms. The molecule has 2 unspecified atom stereocenters. The molecule has 0 fully saturated rings. The van der Waals surface area contributed by atoms with Gasteiger partial charge in [0, 0.05) is 30.1 Å². The normalized spacial score (nSPS) is 13.5. The lowest BCUT2D eigenvalue weighted by atomic mass is 10.0. The van der Waals surface area contributed by atoms with Gasteiger partial charge in [0.1, 0.15) is 6.04 Å². The van der Waals surface area contributed by atoms with Crippen LogP contribution in [0, 0.1) is 12.8 Å². The van der Waals surface area contributed by atoms with Crippen molar-refractivity contribution in [3.63, 3.8) is 0 Å². The predicted molar refractivity (Wildman–Crippen MR) is 135 cm³/mol. The van der Waals surface area contributed by atoms with Crippen LogP contribution in [0.15, 0.2) is 54.7 Å². The maximum absolute atomic E-state index is 13.1. The molecule has 2 atom stereocenters. The van der Waals surface area contributed by atoms with E-state index in [-0.39, 0.29) is 12.3 Å². The van der Waals surface area contributed by atoms with Crippen LogP contribution in [0.5, 0.6) is 0 Å². The van der Waals surface area contributed by atoms with Gasteiger partial charge in [-0.1, -0.05) is 55.8 Å². The molecule has 2 amide bonds. The van der Waals surface area contributed by atoms with Crippen LogP contribution in [-0.4, -0.2) is 48.1 Å². The van der Waals surface area contributed by atoms with E-state index >= 15 is 0 Å². The van der Waals surface area contributed by atoms with Crippen molar-refractivity contribution in [1.82, 2.24) is 20.9 Å². The van der Waals surface area contributed by atoms with Crippen molar-refractivity contribution in [3.05, 3.63) is 71.4 Å². The van der Waals surface area contributed by atoms with Crippen LogP contribution in [0.4, 0.5) is 13.2 Å². The summed E-state index contributed by atoms with van der Waals surface area (Å²) < 4.78 is 38.2. The Balaban J connectivity index is 1.68. The number of nitrogens with one attached hydrogen (secondary N) is 4. The number of aromatic nitrogens is 1. The smallest absolute Gasteiger partial charge is 0.361 e. The topological polar surface area (TPSA) is 86.0 Å². The van der Waals surface area contributed by atoms with Gasteiger partial charge in [0.25, 0.3) is 0 Å². The van der Waals surface area contributed by atoms with E-state index in [1.54, 1.807) is 13.8 Å². The summed E-state index contributed by atoms with van der Waals surface area (Å²) in [6.07, 6.45) is -1.73. The lowest BCUT2D eigenvalue weighted by molar-refractivity contribution is -0.136. The molecular formula is C27H33F3N4O2. The van der Waals surface area contributed by atoms with Gasteiger partial charge in [0.15, 0.2) is 0 Å². The molecule has 0 spiro atoms. The standard InChI is InChI=1S/C27H33F3N4O2/c1-17(2)24(33-16-27(28,29)30)26(36)34-23(14-19-7-5-4-6-8-19)25(35)31-12-11-20-15-32-22-10-9-18(3)13-21(20)22/h4-10,13,15,17,23-24,32-33H,11-12,14,16H2,1-3H3,(H,31,35)(H,34,36). The van der Waals surface area contributed by atoms with E-state index in [1.165, 1.54) is 0 Å². The third-order valence-corrected chi connectivity index (χ3v) is 6.00. The van der Waals surface area contributed by atoms with Gasteiger partial charge in [-0.05, 0) is 42.5 Å². The van der Waals surface area contributed by atoms with E-state index in [9.17, 15) is 22.8 Å². The summed E-state index contributed by atoms with van der Waals surface area (Å²) in [5.41, 5.74) is 4.04. The van der Waals surface area contributed by atoms with E-state index in [0.29, 0.717) is 13.0 Å². The average Bonchev–Trinajstić information content (AvgIpc) is 3.20. The summed E-state index contributed by atoms with van der Waals surface area (Å²) >= 11 is 0. The highest BCUT2D eigenvalue weighted by Crippen LogP contribution is 2.20. The van der Waals surface area contributed by atoms with Gasteiger partial charge < -0.3 is 15.6 Å². The minimum Gasteiger partial charge on any atom is -0.361 e. The number of carbonyl (C=O) groups excluding carboxylic acids is 2. The van der Waals surface area contributed by atoms with Crippen LogP contribution in [0.2, 0.25) is 0 Å². The zero-order valence-corrected chi connectivity index (χ0v) is 20.7. The highest BCUT2D eigenvalue weighted by molar-refractivity contribution is 5.90. The van der Waals surface area contributed by atoms with Gasteiger partial charge in [-0.2, -0.15) is 13.2 Å². The zero-order valence-electron chi connectivity index (χ0n) is 20.7. The molecular weight excluding hydrogens is 469 g/mol. The lowest BCUT2D eigenvalue weighted by Gasteiger charge is -2.26. The maximum Gasteiger partial charge on any atom is 0.401 e. The third-order valence-electron chi connectivity index (χ3n) is 6.00. The summed E-state index contributed by atoms with van der Waals surface area (Å²) in [4.78, 5) is 29.2. The average molecular weight is 503 g/mol. The zero-order chi connectivity index (χ0) is 26.3. The first-order chi connectivity index (χ1) is 17.0. The van der Waals surface area contributed by atoms with Gasteiger partial charge in [0.2, 0.25) is 11.8 Å². The number of fused-ring (bicyclic) bond motifs is 1. The Hall–Kier alpha value is -3.33. The number of hydrogen-bond donors (Lipinski definition) is 4. The second-order valence-electron chi connectivity index (χ2n) is 9.37. The van der Waals surface area contributed by atoms with Crippen LogP contribution in [-0.2, 0) is 22.4 Å². The molecule has 0 aliphatic carbocycles. The van der Waals surface area contributed by atoms with Gasteiger partial charge in [0.05, 0.1) is 12.6 Å². The van der Waals surface area contributed by atoms with E-state index < -0.39 is 36.6 Å². The van der Waals surface area contributed by atoms with Crippen molar-refractivity contribution in [2.75, 3.05) is 13.1 Å². The number of hydrogen-bond acceptors (Lipinski definition) is 3. The van der Waals surface area contributed by atoms with E-state index in [1.807, 2.05) is 55.6 Å². The molecule has 0 aliphatic rings. The van der Waals surface area contributed by atoms with Gasteiger partial charge in [-0.3, -0.25) is 14.9 Å². The number of halogens is 3. The molecule has 3 aromatic rings. The highest BCUT2D eigenvalue weighted by Gasteiger charge is 2.33. The monoisotopic (exact) mass is 502 g/mol. The Morgan fingerprint density at radius 2 is 1.75 bits per heavy atom. The first-order valence-electron chi connectivity index (χ1n) is 12.0. The van der Waals surface area contributed by atoms with Gasteiger partial charge in [-0.25, -0.2) is 0 Å². The third kappa shape index (κ3) is 7.84. The van der Waals surface area contributed by atoms with Crippen molar-refractivity contribution < 1.29 is 22.8 Å². The second kappa shape index (κ2) is 12.1. The molecule has 0 radical (unpaired) electrons. The summed E-state index contributed by atoms with van der Waals surface area (Å²) in [5.74, 6) is -1.43. The predicted octanol–water partition coefficient (Wildman–Crippen LogP) is 4.04. The number of rotatable bonds is 11. The first-order valence-corrected chi connectivity index (χ1v) is 12.0. The Bertz CT molecular complexity index is 1160. The minimum absolute atomic E-state index is 0.217. The fourth-order valence-corrected chi connectivity index (χ4v) is 4.12. The molecule has 3 rings (SSSR count). The van der Waals surface area contributed by atoms with E-state index in [4.69, 9.17) is 0 Å². The number of carbonyl (C=O) groups is 2. The number of H-pyrrole nitrogens is 1. The lowest BCUT2D eigenvalue weighted by Crippen LogP contribution is -2.56. The molecule has 0 saturated carbocycles. The Kier molecular flexibility index (Phi) is 9.14. The first kappa shape index (κ1) is 27.3. The SMILES string of the molecule is Cc1ccc2[nH]cc(CCNC(=O)C(Cc3ccccc3)NC(=O)C(NCC(F)(F)F)C(C)C)c2c1. The van der Waals surface area contributed by atoms with Crippen LogP contribution in [0.25, 0.3) is 10.9 Å². The van der Waals surface area contributed by atoms with E-state index in [2.05, 4.69) is 27.0 Å². The Morgan fingerprint density at radius 3 is 2.42 bits per heavy atom. The molecule has 194 valence electrons. The van der Waals surface area contributed by atoms with Crippen LogP contribution < -0.4 is 16.0 Å². The number of aromatic amines is 1. The summed E-state index contributed by atoms with van der Waals surface area (Å²) in [6, 6.07) is 13.3. The number of benzene rings is 2. The Labute approximate surface area is 209 Å². The highest BCUT2D eigenvalue weighted by atomic mass is 19.4. The molecule has 2 aromatic carbocycles. The molecule has 6 nitrogen and oxygen atoms in total. The quantitative estimate of drug-likeness (QED) is 0.319. The van der Waals surface area contributed by atoms with Crippen molar-refractivity contribution in [3.8, 4) is 0 Å². The number of aryl methyl sites for hydroxylation is 1. The van der Waals surface area contributed by atoms with Crippen molar-refractivity contribution in [2.45, 2.75) is 51.9 Å². The van der Waals surface area contributed by atoms with Gasteiger partial charge >= 0.3 is 6.18 Å². The van der Waals surface area contributed by atoms with Crippen molar-refractivity contribution in [2.24, 2.45) is 5.92 Å². The molecule has 1 aromatic heterocycles. The summed E-state index contributed by atoms with van der Waals surface area (Å²) in [6.45, 7) is 4.39. The fraction of sp³-hybridized carbons (Fsp3) is 0.407. The van der Waals surface area contributed by atoms with Crippen molar-refractivity contribution in [1.29, 1.82) is 0 Å². The van der Waals surface area contributed by atoms with E-state index in [0.717, 1.165) is 27.6 Å². The fourth-order valence-electron chi connectivity index (χ4n) is 4.12. The molecule has 0 aliphatic heterocycles. The molecule has 0 bridgehead atoms. The minimum atomic E-state index is -4.45. The molecule has 1 heterocycles. The van der Waals surface area contributed by atoms with Gasteiger partial charge in [-0.15, -0.1) is 0 Å². The summed E-state index contributed by atoms with van der Waals surface area (Å²) in [7, 11) is 0. The molecule has 36 heavy (non-hydrogen) atoms. The summed E-state index contributed by atoms with van der Waals surface area (Å²) in [5, 5.41) is 8.93. The van der Waals surface area contributed by atoms with Crippen molar-refractivity contribution >= 4 is 22.7 Å². The number of amides is 2. The number of alkyl halides is 3.